The van der Waals surface area contributed by atoms with Crippen LogP contribution in [0.15, 0.2) is 0 Å². The molecule has 0 aliphatic rings. The molecule has 0 aliphatic heterocycles. The molecule has 1 radical (unpaired) electrons. The fraction of sp³-hybridized carbons (Fsp3) is 0.500. The first-order valence-electron chi connectivity index (χ1n) is 1.95. The summed E-state index contributed by atoms with van der Waals surface area (Å²) in [5.41, 5.74) is 0. The van der Waals surface area contributed by atoms with Crippen LogP contribution in [0.1, 0.15) is 12.8 Å². The number of rotatable bonds is 3. The third-order valence-corrected chi connectivity index (χ3v) is 0.487. The lowest BCUT2D eigenvalue weighted by atomic mass is 10.3. The van der Waals surface area contributed by atoms with Gasteiger partial charge in [-0.1, -0.05) is 0 Å². The summed E-state index contributed by atoms with van der Waals surface area (Å²) < 4.78 is 0. The summed E-state index contributed by atoms with van der Waals surface area (Å²) in [7, 11) is 0. The van der Waals surface area contributed by atoms with Crippen molar-refractivity contribution in [2.45, 2.75) is 12.8 Å². The van der Waals surface area contributed by atoms with Gasteiger partial charge in [0, 0.05) is 6.42 Å². The summed E-state index contributed by atoms with van der Waals surface area (Å²) >= 11 is 0. The molecule has 7 heavy (non-hydrogen) atoms. The van der Waals surface area contributed by atoms with Gasteiger partial charge >= 0.3 is 5.97 Å². The molecule has 0 saturated heterocycles. The minimum atomic E-state index is -0.884. The molecule has 0 bridgehead atoms. The fourth-order valence-electron chi connectivity index (χ4n) is 0.188. The second kappa shape index (κ2) is 3.61. The van der Waals surface area contributed by atoms with E-state index in [1.165, 1.54) is 0 Å². The van der Waals surface area contributed by atoms with Gasteiger partial charge in [-0.25, -0.2) is 0 Å². The molecular formula is C4H7O3. The van der Waals surface area contributed by atoms with Gasteiger partial charge in [0.15, 0.2) is 0 Å². The topological polar surface area (TPSA) is 57.5 Å². The van der Waals surface area contributed by atoms with Crippen LogP contribution in [0.2, 0.25) is 0 Å². The number of carboxylic acid groups (broad SMARTS) is 1. The fourth-order valence-corrected chi connectivity index (χ4v) is 0.188. The van der Waals surface area contributed by atoms with Crippen LogP contribution < -0.4 is 0 Å². The Morgan fingerprint density at radius 3 is 2.43 bits per heavy atom. The number of aliphatic hydroxyl groups is 1. The lowest BCUT2D eigenvalue weighted by molar-refractivity contribution is -0.137. The summed E-state index contributed by atoms with van der Waals surface area (Å²) in [6, 6.07) is 0. The van der Waals surface area contributed by atoms with Gasteiger partial charge in [-0.2, -0.15) is 0 Å². The van der Waals surface area contributed by atoms with E-state index in [0.29, 0.717) is 0 Å². The zero-order valence-corrected chi connectivity index (χ0v) is 3.79. The van der Waals surface area contributed by atoms with Crippen molar-refractivity contribution in [3.05, 3.63) is 6.61 Å². The van der Waals surface area contributed by atoms with Crippen molar-refractivity contribution in [3.63, 3.8) is 0 Å². The van der Waals surface area contributed by atoms with Crippen LogP contribution in [0.4, 0.5) is 0 Å². The van der Waals surface area contributed by atoms with Crippen molar-refractivity contribution in [2.75, 3.05) is 0 Å². The molecule has 0 amide bonds. The quantitative estimate of drug-likeness (QED) is 0.543. The first-order valence-corrected chi connectivity index (χ1v) is 1.95. The molecule has 2 N–H and O–H groups in total. The molecule has 0 unspecified atom stereocenters. The van der Waals surface area contributed by atoms with Crippen molar-refractivity contribution in [2.24, 2.45) is 0 Å². The van der Waals surface area contributed by atoms with Crippen LogP contribution in [0.3, 0.4) is 0 Å². The molecule has 41 valence electrons. The maximum Gasteiger partial charge on any atom is 0.303 e. The summed E-state index contributed by atoms with van der Waals surface area (Å²) in [6.07, 6.45) is 0.242. The maximum atomic E-state index is 9.63. The summed E-state index contributed by atoms with van der Waals surface area (Å²) in [6.45, 7) is 0.841. The Bertz CT molecular complexity index is 60.0. The normalized spacial score (nSPS) is 8.71. The SMILES string of the molecule is O=C(O)CC[CH]O. The average molecular weight is 103 g/mol. The molecule has 0 saturated carbocycles. The summed E-state index contributed by atoms with van der Waals surface area (Å²) in [5, 5.41) is 15.8. The van der Waals surface area contributed by atoms with Gasteiger partial charge in [-0.15, -0.1) is 0 Å². The van der Waals surface area contributed by atoms with Crippen LogP contribution in [0.5, 0.6) is 0 Å². The number of hydrogen-bond donors (Lipinski definition) is 2. The molecule has 0 spiro atoms. The van der Waals surface area contributed by atoms with Gasteiger partial charge < -0.3 is 10.2 Å². The third kappa shape index (κ3) is 5.43. The Hall–Kier alpha value is -0.570. The van der Waals surface area contributed by atoms with Crippen molar-refractivity contribution in [3.8, 4) is 0 Å². The van der Waals surface area contributed by atoms with Crippen molar-refractivity contribution >= 4 is 5.97 Å². The van der Waals surface area contributed by atoms with Crippen LogP contribution in [0, 0.1) is 6.61 Å². The van der Waals surface area contributed by atoms with E-state index in [2.05, 4.69) is 0 Å². The van der Waals surface area contributed by atoms with Crippen molar-refractivity contribution in [1.82, 2.24) is 0 Å². The molecule has 3 nitrogen and oxygen atoms in total. The molecule has 0 aromatic carbocycles. The van der Waals surface area contributed by atoms with E-state index in [-0.39, 0.29) is 12.8 Å². The number of hydrogen-bond acceptors (Lipinski definition) is 2. The van der Waals surface area contributed by atoms with Gasteiger partial charge in [0.25, 0.3) is 0 Å². The molecule has 0 rings (SSSR count). The molecule has 0 fully saturated rings. The van der Waals surface area contributed by atoms with Crippen LogP contribution in [-0.4, -0.2) is 16.2 Å². The zero-order chi connectivity index (χ0) is 5.70. The lowest BCUT2D eigenvalue weighted by Gasteiger charge is -1.84. The molecule has 0 aromatic heterocycles. The van der Waals surface area contributed by atoms with E-state index < -0.39 is 5.97 Å². The van der Waals surface area contributed by atoms with E-state index in [1.54, 1.807) is 0 Å². The smallest absolute Gasteiger partial charge is 0.303 e. The van der Waals surface area contributed by atoms with Gasteiger partial charge in [0.1, 0.15) is 0 Å². The Morgan fingerprint density at radius 2 is 2.29 bits per heavy atom. The van der Waals surface area contributed by atoms with E-state index in [1.807, 2.05) is 0 Å². The molecule has 3 heteroatoms. The third-order valence-electron chi connectivity index (χ3n) is 0.487. The minimum absolute atomic E-state index is 0.0104. The van der Waals surface area contributed by atoms with Gasteiger partial charge in [-0.3, -0.25) is 4.79 Å². The zero-order valence-electron chi connectivity index (χ0n) is 3.79. The van der Waals surface area contributed by atoms with Gasteiger partial charge in [0.05, 0.1) is 6.61 Å². The largest absolute Gasteiger partial charge is 0.481 e. The summed E-state index contributed by atoms with van der Waals surface area (Å²) in [4.78, 5) is 9.63. The highest BCUT2D eigenvalue weighted by molar-refractivity contribution is 5.66. The Morgan fingerprint density at radius 1 is 1.71 bits per heavy atom. The van der Waals surface area contributed by atoms with E-state index in [9.17, 15) is 4.79 Å². The average Bonchev–Trinajstić information content (AvgIpc) is 1.61. The lowest BCUT2D eigenvalue weighted by Crippen LogP contribution is -1.92. The Labute approximate surface area is 41.6 Å². The summed E-state index contributed by atoms with van der Waals surface area (Å²) in [5.74, 6) is -0.884. The maximum absolute atomic E-state index is 9.63. The monoisotopic (exact) mass is 103 g/mol. The number of carbonyl (C=O) groups is 1. The van der Waals surface area contributed by atoms with E-state index in [0.717, 1.165) is 6.61 Å². The van der Waals surface area contributed by atoms with Gasteiger partial charge in [-0.05, 0) is 6.42 Å². The van der Waals surface area contributed by atoms with Gasteiger partial charge in [0.2, 0.25) is 0 Å². The molecule has 0 aliphatic carbocycles. The first kappa shape index (κ1) is 6.43. The highest BCUT2D eigenvalue weighted by Gasteiger charge is 1.92. The van der Waals surface area contributed by atoms with Crippen LogP contribution in [0.25, 0.3) is 0 Å². The van der Waals surface area contributed by atoms with E-state index >= 15 is 0 Å². The highest BCUT2D eigenvalue weighted by Crippen LogP contribution is 1.87. The molecular weight excluding hydrogens is 96.0 g/mol. The number of carboxylic acids is 1. The van der Waals surface area contributed by atoms with Crippen molar-refractivity contribution < 1.29 is 15.0 Å². The highest BCUT2D eigenvalue weighted by atomic mass is 16.4. The molecule has 0 atom stereocenters. The standard InChI is InChI=1S/C4H7O3/c5-3-1-2-4(6)7/h3,5H,1-2H2,(H,6,7). The first-order chi connectivity index (χ1) is 3.27. The molecule has 0 aromatic rings. The minimum Gasteiger partial charge on any atom is -0.481 e. The Kier molecular flexibility index (Phi) is 3.32. The Balaban J connectivity index is 2.82. The van der Waals surface area contributed by atoms with E-state index in [4.69, 9.17) is 10.2 Å². The second-order valence-corrected chi connectivity index (χ2v) is 1.11. The molecule has 0 heterocycles. The predicted molar refractivity (Wildman–Crippen MR) is 23.1 cm³/mol. The van der Waals surface area contributed by atoms with Crippen LogP contribution in [-0.2, 0) is 4.79 Å². The number of aliphatic hydroxyl groups excluding tert-OH is 1. The van der Waals surface area contributed by atoms with Crippen LogP contribution >= 0.6 is 0 Å². The van der Waals surface area contributed by atoms with Crippen molar-refractivity contribution in [1.29, 1.82) is 0 Å². The number of aliphatic carboxylic acids is 1. The second-order valence-electron chi connectivity index (χ2n) is 1.11. The predicted octanol–water partition coefficient (Wildman–Crippen LogP) is 0.385.